The molecule has 0 amide bonds. The zero-order chi connectivity index (χ0) is 18.0. The van der Waals surface area contributed by atoms with Gasteiger partial charge in [0.1, 0.15) is 5.82 Å². The highest BCUT2D eigenvalue weighted by atomic mass is 15.2. The number of aryl methyl sites for hydroxylation is 1. The first-order chi connectivity index (χ1) is 12.7. The molecule has 1 aromatic carbocycles. The standard InChI is InChI=1S/C22H26N4/c1-18-4-2-5-20(12-18)15-25-10-3-7-22(16-25)8-11-26(17-22)21-13-19(14-23)6-9-24-21/h2,4-6,9,12-13H,3,7-8,10-11,15-17H2,1H3/t22-/m0/s1. The molecule has 2 fully saturated rings. The van der Waals surface area contributed by atoms with E-state index in [-0.39, 0.29) is 0 Å². The summed E-state index contributed by atoms with van der Waals surface area (Å²) in [5, 5.41) is 9.14. The highest BCUT2D eigenvalue weighted by Crippen LogP contribution is 2.40. The van der Waals surface area contributed by atoms with Crippen molar-refractivity contribution in [1.82, 2.24) is 9.88 Å². The second kappa shape index (κ2) is 7.09. The SMILES string of the molecule is Cc1cccc(CN2CCC[C@]3(CCN(c4cc(C#N)ccn4)C3)C2)c1. The van der Waals surface area contributed by atoms with E-state index in [1.54, 1.807) is 12.3 Å². The summed E-state index contributed by atoms with van der Waals surface area (Å²) in [5.74, 6) is 0.955. The molecule has 134 valence electrons. The lowest BCUT2D eigenvalue weighted by Crippen LogP contribution is -2.44. The number of nitrogens with zero attached hydrogens (tertiary/aromatic N) is 4. The van der Waals surface area contributed by atoms with Crippen LogP contribution in [0.4, 0.5) is 5.82 Å². The van der Waals surface area contributed by atoms with Gasteiger partial charge in [-0.25, -0.2) is 4.98 Å². The molecule has 0 radical (unpaired) electrons. The fourth-order valence-corrected chi connectivity index (χ4v) is 4.64. The van der Waals surface area contributed by atoms with Crippen LogP contribution in [0.1, 0.15) is 36.0 Å². The minimum atomic E-state index is 0.367. The number of rotatable bonds is 3. The molecule has 4 rings (SSSR count). The average Bonchev–Trinajstić information content (AvgIpc) is 3.05. The van der Waals surface area contributed by atoms with Crippen LogP contribution in [-0.2, 0) is 6.54 Å². The van der Waals surface area contributed by atoms with Gasteiger partial charge in [0.05, 0.1) is 11.6 Å². The largest absolute Gasteiger partial charge is 0.356 e. The number of likely N-dealkylation sites (tertiary alicyclic amines) is 1. The first-order valence-corrected chi connectivity index (χ1v) is 9.55. The van der Waals surface area contributed by atoms with Crippen molar-refractivity contribution in [3.05, 3.63) is 59.3 Å². The fourth-order valence-electron chi connectivity index (χ4n) is 4.64. The normalized spacial score (nSPS) is 23.3. The van der Waals surface area contributed by atoms with Crippen LogP contribution in [-0.4, -0.2) is 36.1 Å². The number of benzene rings is 1. The van der Waals surface area contributed by atoms with Crippen LogP contribution in [0.5, 0.6) is 0 Å². The van der Waals surface area contributed by atoms with Gasteiger partial charge in [0.25, 0.3) is 0 Å². The van der Waals surface area contributed by atoms with Gasteiger partial charge >= 0.3 is 0 Å². The van der Waals surface area contributed by atoms with Gasteiger partial charge < -0.3 is 4.90 Å². The number of hydrogen-bond donors (Lipinski definition) is 0. The van der Waals surface area contributed by atoms with E-state index < -0.39 is 0 Å². The first kappa shape index (κ1) is 17.1. The van der Waals surface area contributed by atoms with E-state index >= 15 is 0 Å². The Hall–Kier alpha value is -2.38. The van der Waals surface area contributed by atoms with Gasteiger partial charge in [-0.3, -0.25) is 4.90 Å². The molecule has 4 heteroatoms. The number of anilines is 1. The Morgan fingerprint density at radius 3 is 2.92 bits per heavy atom. The third-order valence-electron chi connectivity index (χ3n) is 5.87. The Morgan fingerprint density at radius 1 is 1.15 bits per heavy atom. The predicted octanol–water partition coefficient (Wildman–Crippen LogP) is 3.75. The molecular weight excluding hydrogens is 320 g/mol. The number of pyridine rings is 1. The molecule has 0 saturated carbocycles. The van der Waals surface area contributed by atoms with Gasteiger partial charge in [-0.05, 0) is 50.4 Å². The minimum absolute atomic E-state index is 0.367. The van der Waals surface area contributed by atoms with Crippen LogP contribution in [0, 0.1) is 23.7 Å². The van der Waals surface area contributed by atoms with Gasteiger partial charge in [0.2, 0.25) is 0 Å². The number of aromatic nitrogens is 1. The van der Waals surface area contributed by atoms with Crippen molar-refractivity contribution in [2.45, 2.75) is 32.7 Å². The highest BCUT2D eigenvalue weighted by molar-refractivity contribution is 5.46. The van der Waals surface area contributed by atoms with E-state index in [0.717, 1.165) is 32.0 Å². The number of nitriles is 1. The van der Waals surface area contributed by atoms with Gasteiger partial charge in [-0.15, -0.1) is 0 Å². The van der Waals surface area contributed by atoms with Gasteiger partial charge in [0, 0.05) is 37.8 Å². The maximum Gasteiger partial charge on any atom is 0.129 e. The van der Waals surface area contributed by atoms with E-state index in [0.29, 0.717) is 11.0 Å². The van der Waals surface area contributed by atoms with Crippen LogP contribution in [0.3, 0.4) is 0 Å². The lowest BCUT2D eigenvalue weighted by atomic mass is 9.79. The van der Waals surface area contributed by atoms with Crippen LogP contribution in [0.2, 0.25) is 0 Å². The van der Waals surface area contributed by atoms with Crippen LogP contribution in [0.25, 0.3) is 0 Å². The molecule has 2 aliphatic heterocycles. The lowest BCUT2D eigenvalue weighted by molar-refractivity contribution is 0.0991. The topological polar surface area (TPSA) is 43.2 Å². The van der Waals surface area contributed by atoms with Crippen molar-refractivity contribution >= 4 is 5.82 Å². The van der Waals surface area contributed by atoms with E-state index in [9.17, 15) is 0 Å². The summed E-state index contributed by atoms with van der Waals surface area (Å²) >= 11 is 0. The molecule has 3 heterocycles. The molecule has 1 aromatic heterocycles. The summed E-state index contributed by atoms with van der Waals surface area (Å²) in [7, 11) is 0. The zero-order valence-corrected chi connectivity index (χ0v) is 15.5. The highest BCUT2D eigenvalue weighted by Gasteiger charge is 2.41. The Bertz CT molecular complexity index is 825. The summed E-state index contributed by atoms with van der Waals surface area (Å²) in [6, 6.07) is 14.8. The summed E-state index contributed by atoms with van der Waals surface area (Å²) in [4.78, 5) is 9.50. The minimum Gasteiger partial charge on any atom is -0.356 e. The van der Waals surface area contributed by atoms with E-state index in [1.165, 1.54) is 36.9 Å². The molecule has 2 aliphatic rings. The van der Waals surface area contributed by atoms with Crippen molar-refractivity contribution in [3.63, 3.8) is 0 Å². The molecule has 26 heavy (non-hydrogen) atoms. The zero-order valence-electron chi connectivity index (χ0n) is 15.5. The number of piperidine rings is 1. The monoisotopic (exact) mass is 346 g/mol. The number of hydrogen-bond acceptors (Lipinski definition) is 4. The quantitative estimate of drug-likeness (QED) is 0.849. The molecule has 1 spiro atoms. The second-order valence-electron chi connectivity index (χ2n) is 7.99. The molecule has 4 nitrogen and oxygen atoms in total. The van der Waals surface area contributed by atoms with Crippen molar-refractivity contribution in [2.75, 3.05) is 31.1 Å². The van der Waals surface area contributed by atoms with Crippen molar-refractivity contribution in [2.24, 2.45) is 5.41 Å². The van der Waals surface area contributed by atoms with Gasteiger partial charge in [-0.1, -0.05) is 29.8 Å². The van der Waals surface area contributed by atoms with Gasteiger partial charge in [0.15, 0.2) is 0 Å². The summed E-state index contributed by atoms with van der Waals surface area (Å²) in [6.07, 6.45) is 5.54. The van der Waals surface area contributed by atoms with Crippen molar-refractivity contribution in [1.29, 1.82) is 5.26 Å². The molecule has 0 bridgehead atoms. The predicted molar refractivity (Wildman–Crippen MR) is 104 cm³/mol. The van der Waals surface area contributed by atoms with Crippen molar-refractivity contribution < 1.29 is 0 Å². The molecule has 1 atom stereocenters. The molecule has 0 N–H and O–H groups in total. The third kappa shape index (κ3) is 3.59. The Kier molecular flexibility index (Phi) is 4.65. The molecule has 0 unspecified atom stereocenters. The summed E-state index contributed by atoms with van der Waals surface area (Å²) < 4.78 is 0. The van der Waals surface area contributed by atoms with E-state index in [2.05, 4.69) is 52.0 Å². The van der Waals surface area contributed by atoms with Crippen LogP contribution >= 0.6 is 0 Å². The van der Waals surface area contributed by atoms with Crippen molar-refractivity contribution in [3.8, 4) is 6.07 Å². The van der Waals surface area contributed by atoms with Crippen LogP contribution < -0.4 is 4.90 Å². The smallest absolute Gasteiger partial charge is 0.129 e. The van der Waals surface area contributed by atoms with E-state index in [1.807, 2.05) is 6.07 Å². The Balaban J connectivity index is 1.44. The maximum atomic E-state index is 9.14. The Morgan fingerprint density at radius 2 is 2.08 bits per heavy atom. The molecule has 2 saturated heterocycles. The van der Waals surface area contributed by atoms with E-state index in [4.69, 9.17) is 5.26 Å². The average molecular weight is 346 g/mol. The molecule has 2 aromatic rings. The second-order valence-corrected chi connectivity index (χ2v) is 7.99. The van der Waals surface area contributed by atoms with Gasteiger partial charge in [-0.2, -0.15) is 5.26 Å². The lowest BCUT2D eigenvalue weighted by Gasteiger charge is -2.40. The molecule has 0 aliphatic carbocycles. The fraction of sp³-hybridized carbons (Fsp3) is 0.455. The Labute approximate surface area is 156 Å². The maximum absolute atomic E-state index is 9.14. The molecular formula is C22H26N4. The van der Waals surface area contributed by atoms with Crippen LogP contribution in [0.15, 0.2) is 42.6 Å². The third-order valence-corrected chi connectivity index (χ3v) is 5.87. The first-order valence-electron chi connectivity index (χ1n) is 9.55. The summed E-state index contributed by atoms with van der Waals surface area (Å²) in [6.45, 7) is 7.66. The summed E-state index contributed by atoms with van der Waals surface area (Å²) in [5.41, 5.74) is 3.82.